The summed E-state index contributed by atoms with van der Waals surface area (Å²) in [4.78, 5) is 13.2. The van der Waals surface area contributed by atoms with E-state index in [0.29, 0.717) is 22.6 Å². The van der Waals surface area contributed by atoms with Crippen LogP contribution in [0.3, 0.4) is 0 Å². The fraction of sp³-hybridized carbons (Fsp3) is 0. The van der Waals surface area contributed by atoms with Gasteiger partial charge >= 0.3 is 166 Å². The summed E-state index contributed by atoms with van der Waals surface area (Å²) in [6.07, 6.45) is 0. The number of nitrogens with zero attached hydrogens (tertiary/aromatic N) is 1. The monoisotopic (exact) mass is 441 g/mol. The first kappa shape index (κ1) is 17.7. The molecule has 3 aromatic carbocycles. The Morgan fingerprint density at radius 2 is 1.19 bits per heavy atom. The number of para-hydroxylation sites is 2. The maximum atomic E-state index is 13.0. The first-order valence-corrected chi connectivity index (χ1v) is 12.3. The molecule has 3 aromatic rings. The standard InChI is InChI=1S/C20H16AsNO4S/c23-19-17-13-7-8-14-18(17)20(27)22(19)21(24,25-15-9-3-1-4-10-15)26-16-11-5-2-6-12-16/h1-14,21,24H. The predicted octanol–water partition coefficient (Wildman–Crippen LogP) is 3.14. The van der Waals surface area contributed by atoms with Gasteiger partial charge in [0.05, 0.1) is 0 Å². The van der Waals surface area contributed by atoms with Crippen LogP contribution in [0.15, 0.2) is 84.9 Å². The van der Waals surface area contributed by atoms with Crippen molar-refractivity contribution in [3.8, 4) is 11.5 Å². The minimum absolute atomic E-state index is 0.213. The van der Waals surface area contributed by atoms with E-state index in [1.165, 1.54) is 0 Å². The zero-order valence-electron chi connectivity index (χ0n) is 14.1. The van der Waals surface area contributed by atoms with Crippen LogP contribution in [0.2, 0.25) is 0 Å². The number of hydrogen-bond donors (Lipinski definition) is 1. The van der Waals surface area contributed by atoms with Crippen LogP contribution >= 0.6 is 12.2 Å². The second-order valence-electron chi connectivity index (χ2n) is 5.87. The van der Waals surface area contributed by atoms with Crippen molar-refractivity contribution in [2.75, 3.05) is 0 Å². The van der Waals surface area contributed by atoms with Crippen LogP contribution < -0.4 is 7.45 Å². The van der Waals surface area contributed by atoms with Crippen molar-refractivity contribution in [3.63, 3.8) is 0 Å². The van der Waals surface area contributed by atoms with Crippen molar-refractivity contribution < 1.29 is 16.3 Å². The molecule has 0 aromatic heterocycles. The van der Waals surface area contributed by atoms with Crippen molar-refractivity contribution in [2.24, 2.45) is 0 Å². The first-order chi connectivity index (χ1) is 13.1. The van der Waals surface area contributed by atoms with Crippen molar-refractivity contribution in [3.05, 3.63) is 96.1 Å². The Hall–Kier alpha value is -2.66. The molecule has 0 unspecified atom stereocenters. The van der Waals surface area contributed by atoms with Gasteiger partial charge in [0, 0.05) is 0 Å². The molecule has 0 saturated heterocycles. The SMILES string of the molecule is O=C1c2ccccc2C(=S)N1[AsH](O)(Oc1ccccc1)Oc1ccccc1. The van der Waals surface area contributed by atoms with Crippen molar-refractivity contribution in [2.45, 2.75) is 0 Å². The molecule has 0 saturated carbocycles. The van der Waals surface area contributed by atoms with Crippen LogP contribution in [0.5, 0.6) is 11.5 Å². The van der Waals surface area contributed by atoms with E-state index in [1.807, 2.05) is 12.1 Å². The van der Waals surface area contributed by atoms with Gasteiger partial charge in [0.1, 0.15) is 0 Å². The average molecular weight is 441 g/mol. The third-order valence-corrected chi connectivity index (χ3v) is 8.99. The average Bonchev–Trinajstić information content (AvgIpc) is 2.95. The van der Waals surface area contributed by atoms with Crippen LogP contribution in [0.4, 0.5) is 0 Å². The van der Waals surface area contributed by atoms with Crippen molar-refractivity contribution >= 4 is 37.9 Å². The van der Waals surface area contributed by atoms with E-state index in [2.05, 4.69) is 0 Å². The Morgan fingerprint density at radius 1 is 0.741 bits per heavy atom. The summed E-state index contributed by atoms with van der Waals surface area (Å²) in [5.74, 6) is 0.398. The van der Waals surface area contributed by atoms with E-state index >= 15 is 0 Å². The third kappa shape index (κ3) is 3.35. The first-order valence-electron chi connectivity index (χ1n) is 8.27. The molecule has 1 heterocycles. The van der Waals surface area contributed by atoms with Gasteiger partial charge in [0.25, 0.3) is 0 Å². The molecule has 1 amide bonds. The van der Waals surface area contributed by atoms with Crippen LogP contribution in [-0.4, -0.2) is 33.6 Å². The second kappa shape index (κ2) is 7.16. The van der Waals surface area contributed by atoms with Gasteiger partial charge in [-0.25, -0.2) is 0 Å². The summed E-state index contributed by atoms with van der Waals surface area (Å²) in [5, 5.41) is 0. The second-order valence-corrected chi connectivity index (χ2v) is 10.4. The summed E-state index contributed by atoms with van der Waals surface area (Å²) in [6, 6.07) is 24.5. The number of hydrogen-bond acceptors (Lipinski definition) is 5. The van der Waals surface area contributed by atoms with Crippen molar-refractivity contribution in [1.29, 1.82) is 0 Å². The summed E-state index contributed by atoms with van der Waals surface area (Å²) < 4.78 is 24.4. The molecule has 136 valence electrons. The van der Waals surface area contributed by atoms with Gasteiger partial charge in [0.15, 0.2) is 0 Å². The molecule has 4 rings (SSSR count). The minimum atomic E-state index is -4.92. The summed E-state index contributed by atoms with van der Waals surface area (Å²) in [7, 11) is 0. The van der Waals surface area contributed by atoms with E-state index in [1.54, 1.807) is 72.8 Å². The Labute approximate surface area is 165 Å². The predicted molar refractivity (Wildman–Crippen MR) is 108 cm³/mol. The van der Waals surface area contributed by atoms with Gasteiger partial charge in [-0.2, -0.15) is 0 Å². The number of thiocarbonyl (C=S) groups is 1. The summed E-state index contributed by atoms with van der Waals surface area (Å²) in [6.45, 7) is 0. The van der Waals surface area contributed by atoms with E-state index in [-0.39, 0.29) is 4.99 Å². The van der Waals surface area contributed by atoms with Gasteiger partial charge in [-0.05, 0) is 0 Å². The van der Waals surface area contributed by atoms with E-state index in [9.17, 15) is 8.89 Å². The zero-order valence-corrected chi connectivity index (χ0v) is 17.0. The van der Waals surface area contributed by atoms with Crippen LogP contribution in [0.1, 0.15) is 15.9 Å². The van der Waals surface area contributed by atoms with Gasteiger partial charge in [-0.1, -0.05) is 0 Å². The summed E-state index contributed by atoms with van der Waals surface area (Å²) in [5.41, 5.74) is 1.02. The zero-order chi connectivity index (χ0) is 18.9. The van der Waals surface area contributed by atoms with Crippen LogP contribution in [0, 0.1) is 0 Å². The molecule has 5 nitrogen and oxygen atoms in total. The number of benzene rings is 3. The summed E-state index contributed by atoms with van der Waals surface area (Å²) >= 11 is 0.565. The molecular weight excluding hydrogens is 425 g/mol. The van der Waals surface area contributed by atoms with E-state index in [0.717, 1.165) is 3.82 Å². The fourth-order valence-corrected chi connectivity index (χ4v) is 7.61. The third-order valence-electron chi connectivity index (χ3n) is 4.06. The number of fused-ring (bicyclic) bond motifs is 1. The van der Waals surface area contributed by atoms with Gasteiger partial charge in [-0.3, -0.25) is 0 Å². The molecule has 27 heavy (non-hydrogen) atoms. The maximum absolute atomic E-state index is 13.0. The van der Waals surface area contributed by atoms with Crippen molar-refractivity contribution in [1.82, 2.24) is 3.82 Å². The molecular formula is C20H16AsNO4S. The number of amides is 1. The Balaban J connectivity index is 1.76. The molecule has 0 radical (unpaired) electrons. The topological polar surface area (TPSA) is 59.0 Å². The van der Waals surface area contributed by atoms with Gasteiger partial charge in [0.2, 0.25) is 0 Å². The number of rotatable bonds is 5. The van der Waals surface area contributed by atoms with Gasteiger partial charge < -0.3 is 0 Å². The van der Waals surface area contributed by atoms with Crippen LogP contribution in [-0.2, 0) is 0 Å². The molecule has 0 spiro atoms. The fourth-order valence-electron chi connectivity index (χ4n) is 2.84. The molecule has 1 aliphatic heterocycles. The molecule has 7 heteroatoms. The Bertz CT molecular complexity index is 921. The van der Waals surface area contributed by atoms with Gasteiger partial charge in [-0.15, -0.1) is 0 Å². The van der Waals surface area contributed by atoms with E-state index in [4.69, 9.17) is 19.7 Å². The molecule has 0 aliphatic carbocycles. The normalized spacial score (nSPS) is 14.0. The number of carbonyl (C=O) groups is 1. The Morgan fingerprint density at radius 3 is 1.67 bits per heavy atom. The Kier molecular flexibility index (Phi) is 4.70. The molecule has 1 aliphatic rings. The molecule has 0 atom stereocenters. The van der Waals surface area contributed by atoms with E-state index < -0.39 is 20.7 Å². The molecule has 0 fully saturated rings. The molecule has 0 bridgehead atoms. The quantitative estimate of drug-likeness (QED) is 0.487. The molecule has 1 N–H and O–H groups in total. The number of carbonyl (C=O) groups excluding carboxylic acids is 1. The van der Waals surface area contributed by atoms with Crippen LogP contribution in [0.25, 0.3) is 0 Å².